The lowest BCUT2D eigenvalue weighted by Crippen LogP contribution is -2.44. The Morgan fingerprint density at radius 3 is 2.70 bits per heavy atom. The molecule has 6 heteroatoms. The fourth-order valence-electron chi connectivity index (χ4n) is 3.30. The maximum Gasteiger partial charge on any atom is 0.223 e. The van der Waals surface area contributed by atoms with Crippen LogP contribution >= 0.6 is 0 Å². The van der Waals surface area contributed by atoms with Crippen LogP contribution in [0.5, 0.6) is 5.88 Å². The van der Waals surface area contributed by atoms with Gasteiger partial charge in [-0.15, -0.1) is 0 Å². The average molecular weight is 320 g/mol. The van der Waals surface area contributed by atoms with Crippen LogP contribution in [0.3, 0.4) is 0 Å². The largest absolute Gasteiger partial charge is 0.481 e. The number of carbonyl (C=O) groups is 1. The van der Waals surface area contributed by atoms with Crippen LogP contribution in [0.15, 0.2) is 18.3 Å². The van der Waals surface area contributed by atoms with Crippen LogP contribution in [0.2, 0.25) is 0 Å². The first kappa shape index (κ1) is 16.2. The van der Waals surface area contributed by atoms with Gasteiger partial charge in [-0.2, -0.15) is 0 Å². The monoisotopic (exact) mass is 320 g/mol. The molecule has 0 unspecified atom stereocenters. The lowest BCUT2D eigenvalue weighted by molar-refractivity contribution is -0.129. The Morgan fingerprint density at radius 1 is 1.39 bits per heavy atom. The Balaban J connectivity index is 1.71. The molecule has 0 spiro atoms. The number of pyridine rings is 1. The Hall–Kier alpha value is -1.66. The lowest BCUT2D eigenvalue weighted by atomic mass is 9.75. The maximum absolute atomic E-state index is 12.6. The van der Waals surface area contributed by atoms with E-state index in [4.69, 9.17) is 9.47 Å². The molecule has 1 saturated heterocycles. The zero-order valence-electron chi connectivity index (χ0n) is 13.4. The molecule has 1 aromatic heterocycles. The Bertz CT molecular complexity index is 522. The Morgan fingerprint density at radius 2 is 2.13 bits per heavy atom. The molecule has 1 aromatic rings. The first-order chi connectivity index (χ1) is 11.2. The number of nitrogens with zero attached hydrogens (tertiary/aromatic N) is 1. The topological polar surface area (TPSA) is 80.7 Å². The number of aromatic nitrogens is 1. The number of ether oxygens (including phenoxy) is 2. The van der Waals surface area contributed by atoms with Crippen molar-refractivity contribution in [1.82, 2.24) is 10.3 Å². The van der Waals surface area contributed by atoms with E-state index in [1.165, 1.54) is 0 Å². The molecule has 1 aliphatic heterocycles. The summed E-state index contributed by atoms with van der Waals surface area (Å²) >= 11 is 0. The number of nitrogens with one attached hydrogen (secondary N) is 1. The number of hydrogen-bond donors (Lipinski definition) is 2. The van der Waals surface area contributed by atoms with Gasteiger partial charge in [0.2, 0.25) is 11.8 Å². The van der Waals surface area contributed by atoms with Crippen molar-refractivity contribution in [2.75, 3.05) is 20.3 Å². The molecule has 2 fully saturated rings. The number of aliphatic hydroxyl groups is 1. The highest BCUT2D eigenvalue weighted by molar-refractivity contribution is 5.79. The van der Waals surface area contributed by atoms with E-state index in [9.17, 15) is 9.90 Å². The van der Waals surface area contributed by atoms with Gasteiger partial charge in [0.05, 0.1) is 19.3 Å². The van der Waals surface area contributed by atoms with Crippen LogP contribution in [0.4, 0.5) is 0 Å². The van der Waals surface area contributed by atoms with Crippen molar-refractivity contribution in [3.63, 3.8) is 0 Å². The van der Waals surface area contributed by atoms with Gasteiger partial charge in [-0.1, -0.05) is 6.07 Å². The number of aliphatic hydroxyl groups excluding tert-OH is 1. The fourth-order valence-corrected chi connectivity index (χ4v) is 3.30. The number of carbonyl (C=O) groups excluding carboxylic acids is 1. The summed E-state index contributed by atoms with van der Waals surface area (Å²) in [5, 5.41) is 12.8. The standard InChI is InChI=1S/C17H24N2O4/c1-22-15-3-2-12(10-18-15)16(13-8-14(20)9-13)19-17(21)11-4-6-23-7-5-11/h2-3,10-11,13-14,16,20H,4-9H2,1H3,(H,19,21)/t13?,14?,16-/m0/s1. The summed E-state index contributed by atoms with van der Waals surface area (Å²) < 4.78 is 10.4. The zero-order valence-corrected chi connectivity index (χ0v) is 13.4. The Labute approximate surface area is 136 Å². The molecule has 2 aliphatic rings. The minimum Gasteiger partial charge on any atom is -0.481 e. The molecule has 0 bridgehead atoms. The molecule has 1 aliphatic carbocycles. The molecule has 1 atom stereocenters. The first-order valence-electron chi connectivity index (χ1n) is 8.23. The summed E-state index contributed by atoms with van der Waals surface area (Å²) in [6.45, 7) is 1.30. The van der Waals surface area contributed by atoms with Gasteiger partial charge in [-0.3, -0.25) is 4.79 Å². The molecule has 126 valence electrons. The van der Waals surface area contributed by atoms with E-state index >= 15 is 0 Å². The van der Waals surface area contributed by atoms with Gasteiger partial charge in [0.15, 0.2) is 0 Å². The summed E-state index contributed by atoms with van der Waals surface area (Å²) in [4.78, 5) is 16.8. The van der Waals surface area contributed by atoms with E-state index in [0.717, 1.165) is 18.4 Å². The van der Waals surface area contributed by atoms with Gasteiger partial charge in [-0.05, 0) is 37.2 Å². The van der Waals surface area contributed by atoms with Crippen LogP contribution in [0.1, 0.15) is 37.3 Å². The number of amides is 1. The molecular formula is C17H24N2O4. The summed E-state index contributed by atoms with van der Waals surface area (Å²) in [7, 11) is 1.58. The van der Waals surface area contributed by atoms with E-state index in [-0.39, 0.29) is 29.9 Å². The van der Waals surface area contributed by atoms with Gasteiger partial charge >= 0.3 is 0 Å². The molecule has 6 nitrogen and oxygen atoms in total. The van der Waals surface area contributed by atoms with Crippen molar-refractivity contribution in [3.05, 3.63) is 23.9 Å². The molecule has 1 saturated carbocycles. The molecule has 3 rings (SSSR count). The minimum atomic E-state index is -0.256. The summed E-state index contributed by atoms with van der Waals surface area (Å²) in [5.74, 6) is 0.902. The lowest BCUT2D eigenvalue weighted by Gasteiger charge is -2.39. The van der Waals surface area contributed by atoms with Gasteiger partial charge in [0, 0.05) is 31.4 Å². The fraction of sp³-hybridized carbons (Fsp3) is 0.647. The maximum atomic E-state index is 12.6. The molecule has 0 radical (unpaired) electrons. The summed E-state index contributed by atoms with van der Waals surface area (Å²) in [6, 6.07) is 3.64. The quantitative estimate of drug-likeness (QED) is 0.858. The predicted octanol–water partition coefficient (Wildman–Crippen LogP) is 1.44. The van der Waals surface area contributed by atoms with Crippen LogP contribution in [0.25, 0.3) is 0 Å². The summed E-state index contributed by atoms with van der Waals surface area (Å²) in [5.41, 5.74) is 0.961. The highest BCUT2D eigenvalue weighted by Gasteiger charge is 2.37. The van der Waals surface area contributed by atoms with Gasteiger partial charge < -0.3 is 19.9 Å². The smallest absolute Gasteiger partial charge is 0.223 e. The van der Waals surface area contributed by atoms with Gasteiger partial charge in [0.25, 0.3) is 0 Å². The second-order valence-electron chi connectivity index (χ2n) is 6.39. The van der Waals surface area contributed by atoms with Gasteiger partial charge in [-0.25, -0.2) is 4.98 Å². The van der Waals surface area contributed by atoms with Crippen LogP contribution in [0, 0.1) is 11.8 Å². The average Bonchev–Trinajstić information content (AvgIpc) is 2.58. The minimum absolute atomic E-state index is 0.0162. The van der Waals surface area contributed by atoms with Crippen molar-refractivity contribution >= 4 is 5.91 Å². The van der Waals surface area contributed by atoms with Crippen LogP contribution in [-0.2, 0) is 9.53 Å². The number of rotatable bonds is 5. The summed E-state index contributed by atoms with van der Waals surface area (Å²) in [6.07, 6.45) is 4.46. The van der Waals surface area contributed by atoms with E-state index in [2.05, 4.69) is 10.3 Å². The van der Waals surface area contributed by atoms with E-state index in [1.807, 2.05) is 6.07 Å². The van der Waals surface area contributed by atoms with E-state index < -0.39 is 0 Å². The Kier molecular flexibility index (Phi) is 5.13. The predicted molar refractivity (Wildman–Crippen MR) is 83.9 cm³/mol. The van der Waals surface area contributed by atoms with E-state index in [1.54, 1.807) is 19.4 Å². The third-order valence-electron chi connectivity index (χ3n) is 4.84. The van der Waals surface area contributed by atoms with Crippen LogP contribution < -0.4 is 10.1 Å². The normalized spacial score (nSPS) is 26.2. The SMILES string of the molecule is COc1ccc([C@H](NC(=O)C2CCOCC2)C2CC(O)C2)cn1. The van der Waals surface area contributed by atoms with Crippen molar-refractivity contribution in [3.8, 4) is 5.88 Å². The third-order valence-corrected chi connectivity index (χ3v) is 4.84. The number of hydrogen-bond acceptors (Lipinski definition) is 5. The molecular weight excluding hydrogens is 296 g/mol. The first-order valence-corrected chi connectivity index (χ1v) is 8.23. The molecule has 2 heterocycles. The van der Waals surface area contributed by atoms with Crippen molar-refractivity contribution in [1.29, 1.82) is 0 Å². The van der Waals surface area contributed by atoms with Crippen LogP contribution in [-0.4, -0.2) is 42.4 Å². The highest BCUT2D eigenvalue weighted by Crippen LogP contribution is 2.38. The van der Waals surface area contributed by atoms with Crippen molar-refractivity contribution in [2.24, 2.45) is 11.8 Å². The van der Waals surface area contributed by atoms with E-state index in [0.29, 0.717) is 31.9 Å². The van der Waals surface area contributed by atoms with Crippen molar-refractivity contribution < 1.29 is 19.4 Å². The molecule has 23 heavy (non-hydrogen) atoms. The van der Waals surface area contributed by atoms with Crippen molar-refractivity contribution in [2.45, 2.75) is 37.8 Å². The molecule has 0 aromatic carbocycles. The van der Waals surface area contributed by atoms with Gasteiger partial charge in [0.1, 0.15) is 0 Å². The zero-order chi connectivity index (χ0) is 16.2. The number of methoxy groups -OCH3 is 1. The second-order valence-corrected chi connectivity index (χ2v) is 6.39. The molecule has 1 amide bonds. The molecule has 2 N–H and O–H groups in total. The second kappa shape index (κ2) is 7.27. The third kappa shape index (κ3) is 3.82. The highest BCUT2D eigenvalue weighted by atomic mass is 16.5.